The van der Waals surface area contributed by atoms with Crippen molar-refractivity contribution in [2.24, 2.45) is 5.92 Å². The van der Waals surface area contributed by atoms with Gasteiger partial charge in [0.05, 0.1) is 0 Å². The molecular weight excluding hydrogens is 174 g/mol. The van der Waals surface area contributed by atoms with Gasteiger partial charge in [0.1, 0.15) is 0 Å². The Morgan fingerprint density at radius 3 is 2.43 bits per heavy atom. The Hall–Kier alpha value is -0.0800. The van der Waals surface area contributed by atoms with Crippen molar-refractivity contribution in [2.45, 2.75) is 64.5 Å². The van der Waals surface area contributed by atoms with Gasteiger partial charge in [0.15, 0.2) is 0 Å². The molecule has 1 saturated carbocycles. The van der Waals surface area contributed by atoms with E-state index in [1.165, 1.54) is 25.7 Å². The van der Waals surface area contributed by atoms with E-state index >= 15 is 0 Å². The summed E-state index contributed by atoms with van der Waals surface area (Å²) in [5.41, 5.74) is 0. The third-order valence-corrected chi connectivity index (χ3v) is 3.21. The second-order valence-corrected chi connectivity index (χ2v) is 4.52. The molecule has 2 N–H and O–H groups in total. The maximum Gasteiger partial charge on any atom is 0.0445 e. The highest BCUT2D eigenvalue weighted by molar-refractivity contribution is 4.87. The molecule has 0 aromatic carbocycles. The third-order valence-electron chi connectivity index (χ3n) is 3.21. The average Bonchev–Trinajstić information content (AvgIpc) is 2.99. The molecule has 0 aromatic rings. The number of aliphatic hydroxyl groups is 1. The smallest absolute Gasteiger partial charge is 0.0445 e. The molecule has 1 fully saturated rings. The van der Waals surface area contributed by atoms with Crippen molar-refractivity contribution in [1.82, 2.24) is 5.32 Å². The highest BCUT2D eigenvalue weighted by atomic mass is 16.3. The van der Waals surface area contributed by atoms with Crippen molar-refractivity contribution in [2.75, 3.05) is 6.61 Å². The van der Waals surface area contributed by atoms with Crippen LogP contribution in [0.25, 0.3) is 0 Å². The molecule has 0 amide bonds. The number of rotatable bonds is 8. The Kier molecular flexibility index (Phi) is 5.49. The molecule has 0 spiro atoms. The summed E-state index contributed by atoms with van der Waals surface area (Å²) < 4.78 is 0. The second-order valence-electron chi connectivity index (χ2n) is 4.52. The molecule has 0 radical (unpaired) electrons. The van der Waals surface area contributed by atoms with Gasteiger partial charge in [0.2, 0.25) is 0 Å². The Balaban J connectivity index is 2.27. The number of aliphatic hydroxyl groups excluding tert-OH is 1. The van der Waals surface area contributed by atoms with Crippen molar-refractivity contribution >= 4 is 0 Å². The fourth-order valence-electron chi connectivity index (χ4n) is 2.13. The van der Waals surface area contributed by atoms with Crippen LogP contribution < -0.4 is 5.32 Å². The standard InChI is InChI=1S/C12H25NO/c1-3-5-12(10-6-7-10)13-11(4-2)8-9-14/h10-14H,3-9H2,1-2H3. The lowest BCUT2D eigenvalue weighted by molar-refractivity contribution is 0.249. The molecule has 0 heterocycles. The van der Waals surface area contributed by atoms with Crippen molar-refractivity contribution in [3.63, 3.8) is 0 Å². The first kappa shape index (κ1) is 12.0. The van der Waals surface area contributed by atoms with Gasteiger partial charge in [-0.05, 0) is 38.0 Å². The Labute approximate surface area is 88.1 Å². The van der Waals surface area contributed by atoms with Gasteiger partial charge in [0, 0.05) is 18.7 Å². The van der Waals surface area contributed by atoms with E-state index < -0.39 is 0 Å². The van der Waals surface area contributed by atoms with Crippen LogP contribution in [0.3, 0.4) is 0 Å². The Morgan fingerprint density at radius 2 is 2.00 bits per heavy atom. The molecule has 0 aliphatic heterocycles. The van der Waals surface area contributed by atoms with Crippen molar-refractivity contribution in [3.8, 4) is 0 Å². The highest BCUT2D eigenvalue weighted by Gasteiger charge is 2.31. The SMILES string of the molecule is CCCC(NC(CC)CCO)C1CC1. The van der Waals surface area contributed by atoms with Gasteiger partial charge in [-0.3, -0.25) is 0 Å². The van der Waals surface area contributed by atoms with E-state index in [2.05, 4.69) is 19.2 Å². The van der Waals surface area contributed by atoms with E-state index in [4.69, 9.17) is 5.11 Å². The van der Waals surface area contributed by atoms with Crippen LogP contribution in [-0.2, 0) is 0 Å². The number of hydrogen-bond acceptors (Lipinski definition) is 2. The predicted octanol–water partition coefficient (Wildman–Crippen LogP) is 2.32. The van der Waals surface area contributed by atoms with Gasteiger partial charge in [-0.1, -0.05) is 20.3 Å². The van der Waals surface area contributed by atoms with Gasteiger partial charge in [0.25, 0.3) is 0 Å². The molecule has 84 valence electrons. The highest BCUT2D eigenvalue weighted by Crippen LogP contribution is 2.34. The molecular formula is C12H25NO. The van der Waals surface area contributed by atoms with Gasteiger partial charge in [-0.2, -0.15) is 0 Å². The second kappa shape index (κ2) is 6.41. The molecule has 1 aliphatic carbocycles. The number of hydrogen-bond donors (Lipinski definition) is 2. The number of nitrogens with one attached hydrogen (secondary N) is 1. The zero-order valence-corrected chi connectivity index (χ0v) is 9.63. The van der Waals surface area contributed by atoms with Crippen LogP contribution in [0, 0.1) is 5.92 Å². The van der Waals surface area contributed by atoms with Gasteiger partial charge in [-0.25, -0.2) is 0 Å². The van der Waals surface area contributed by atoms with Gasteiger partial charge >= 0.3 is 0 Å². The molecule has 0 aromatic heterocycles. The summed E-state index contributed by atoms with van der Waals surface area (Å²) >= 11 is 0. The molecule has 1 rings (SSSR count). The molecule has 2 nitrogen and oxygen atoms in total. The first-order chi connectivity index (χ1) is 6.81. The summed E-state index contributed by atoms with van der Waals surface area (Å²) in [6, 6.07) is 1.24. The molecule has 2 unspecified atom stereocenters. The van der Waals surface area contributed by atoms with E-state index in [1.54, 1.807) is 0 Å². The lowest BCUT2D eigenvalue weighted by atomic mass is 10.0. The van der Waals surface area contributed by atoms with Gasteiger partial charge in [-0.15, -0.1) is 0 Å². The normalized spacial score (nSPS) is 20.8. The maximum atomic E-state index is 8.92. The van der Waals surface area contributed by atoms with Crippen LogP contribution in [-0.4, -0.2) is 23.8 Å². The quantitative estimate of drug-likeness (QED) is 0.629. The molecule has 0 saturated heterocycles. The summed E-state index contributed by atoms with van der Waals surface area (Å²) in [7, 11) is 0. The lowest BCUT2D eigenvalue weighted by Gasteiger charge is -2.24. The van der Waals surface area contributed by atoms with Crippen molar-refractivity contribution in [3.05, 3.63) is 0 Å². The van der Waals surface area contributed by atoms with Crippen molar-refractivity contribution in [1.29, 1.82) is 0 Å². The minimum atomic E-state index is 0.315. The lowest BCUT2D eigenvalue weighted by Crippen LogP contribution is -2.39. The molecule has 0 bridgehead atoms. The van der Waals surface area contributed by atoms with Crippen LogP contribution in [0.1, 0.15) is 52.4 Å². The summed E-state index contributed by atoms with van der Waals surface area (Å²) in [6.07, 6.45) is 7.42. The Morgan fingerprint density at radius 1 is 1.29 bits per heavy atom. The molecule has 2 atom stereocenters. The van der Waals surface area contributed by atoms with Crippen LogP contribution in [0.4, 0.5) is 0 Å². The molecule has 14 heavy (non-hydrogen) atoms. The fraction of sp³-hybridized carbons (Fsp3) is 1.00. The van der Waals surface area contributed by atoms with E-state index in [9.17, 15) is 0 Å². The van der Waals surface area contributed by atoms with Gasteiger partial charge < -0.3 is 10.4 Å². The summed E-state index contributed by atoms with van der Waals surface area (Å²) in [5.74, 6) is 0.933. The maximum absolute atomic E-state index is 8.92. The zero-order valence-electron chi connectivity index (χ0n) is 9.63. The van der Waals surface area contributed by atoms with E-state index in [0.717, 1.165) is 24.8 Å². The summed E-state index contributed by atoms with van der Waals surface area (Å²) in [5, 5.41) is 12.6. The average molecular weight is 199 g/mol. The molecule has 2 heteroatoms. The van der Waals surface area contributed by atoms with Crippen LogP contribution in [0.2, 0.25) is 0 Å². The summed E-state index contributed by atoms with van der Waals surface area (Å²) in [6.45, 7) is 4.77. The predicted molar refractivity (Wildman–Crippen MR) is 60.3 cm³/mol. The minimum Gasteiger partial charge on any atom is -0.396 e. The minimum absolute atomic E-state index is 0.315. The first-order valence-corrected chi connectivity index (χ1v) is 6.18. The van der Waals surface area contributed by atoms with Crippen LogP contribution >= 0.6 is 0 Å². The van der Waals surface area contributed by atoms with Crippen LogP contribution in [0.15, 0.2) is 0 Å². The topological polar surface area (TPSA) is 32.3 Å². The van der Waals surface area contributed by atoms with E-state index in [1.807, 2.05) is 0 Å². The fourth-order valence-corrected chi connectivity index (χ4v) is 2.13. The summed E-state index contributed by atoms with van der Waals surface area (Å²) in [4.78, 5) is 0. The van der Waals surface area contributed by atoms with Crippen molar-refractivity contribution < 1.29 is 5.11 Å². The Bertz CT molecular complexity index is 145. The van der Waals surface area contributed by atoms with Crippen LogP contribution in [0.5, 0.6) is 0 Å². The van der Waals surface area contributed by atoms with E-state index in [0.29, 0.717) is 12.6 Å². The molecule has 1 aliphatic rings. The third kappa shape index (κ3) is 3.97. The zero-order chi connectivity index (χ0) is 10.4. The first-order valence-electron chi connectivity index (χ1n) is 6.18. The largest absolute Gasteiger partial charge is 0.396 e. The monoisotopic (exact) mass is 199 g/mol. The van der Waals surface area contributed by atoms with E-state index in [-0.39, 0.29) is 0 Å².